The third-order valence-corrected chi connectivity index (χ3v) is 3.87. The first-order chi connectivity index (χ1) is 11.9. The van der Waals surface area contributed by atoms with Crippen LogP contribution in [0, 0.1) is 0 Å². The van der Waals surface area contributed by atoms with Crippen LogP contribution in [0.15, 0.2) is 72.7 Å². The Labute approximate surface area is 146 Å². The molecule has 0 aliphatic carbocycles. The lowest BCUT2D eigenvalue weighted by Crippen LogP contribution is -1.98. The van der Waals surface area contributed by atoms with Gasteiger partial charge in [-0.3, -0.25) is 0 Å². The maximum Gasteiger partial charge on any atom is 0.131 e. The SMILES string of the molecule is CCO/C(=C\OCCCCc1ccccc1)CCc1ccccc1. The summed E-state index contributed by atoms with van der Waals surface area (Å²) in [5.74, 6) is 0.935. The zero-order valence-corrected chi connectivity index (χ0v) is 14.6. The average molecular weight is 324 g/mol. The van der Waals surface area contributed by atoms with Crippen molar-refractivity contribution in [1.82, 2.24) is 0 Å². The molecule has 2 nitrogen and oxygen atoms in total. The average Bonchev–Trinajstić information content (AvgIpc) is 2.64. The van der Waals surface area contributed by atoms with Crippen LogP contribution in [0.1, 0.15) is 37.3 Å². The molecule has 0 aliphatic rings. The monoisotopic (exact) mass is 324 g/mol. The Bertz CT molecular complexity index is 575. The lowest BCUT2D eigenvalue weighted by Gasteiger charge is -2.09. The van der Waals surface area contributed by atoms with Gasteiger partial charge in [0.1, 0.15) is 12.0 Å². The van der Waals surface area contributed by atoms with E-state index in [1.54, 1.807) is 6.26 Å². The van der Waals surface area contributed by atoms with Crippen LogP contribution in [0.25, 0.3) is 0 Å². The minimum absolute atomic E-state index is 0.679. The van der Waals surface area contributed by atoms with Gasteiger partial charge in [-0.2, -0.15) is 0 Å². The molecule has 0 amide bonds. The Morgan fingerprint density at radius 3 is 2.08 bits per heavy atom. The van der Waals surface area contributed by atoms with E-state index in [0.717, 1.165) is 44.5 Å². The van der Waals surface area contributed by atoms with E-state index in [9.17, 15) is 0 Å². The highest BCUT2D eigenvalue weighted by molar-refractivity contribution is 5.16. The van der Waals surface area contributed by atoms with Gasteiger partial charge in [-0.15, -0.1) is 0 Å². The normalized spacial score (nSPS) is 11.3. The molecule has 0 atom stereocenters. The molecule has 0 bridgehead atoms. The Morgan fingerprint density at radius 1 is 0.833 bits per heavy atom. The fourth-order valence-corrected chi connectivity index (χ4v) is 2.57. The second-order valence-electron chi connectivity index (χ2n) is 5.82. The Balaban J connectivity index is 1.65. The second-order valence-corrected chi connectivity index (χ2v) is 5.82. The Hall–Kier alpha value is -2.22. The first-order valence-electron chi connectivity index (χ1n) is 8.89. The quantitative estimate of drug-likeness (QED) is 0.399. The molecule has 0 aliphatic heterocycles. The number of unbranched alkanes of at least 4 members (excludes halogenated alkanes) is 1. The van der Waals surface area contributed by atoms with Crippen LogP contribution in [0.4, 0.5) is 0 Å². The van der Waals surface area contributed by atoms with Crippen molar-refractivity contribution in [1.29, 1.82) is 0 Å². The molecule has 0 radical (unpaired) electrons. The number of hydrogen-bond donors (Lipinski definition) is 0. The Kier molecular flexibility index (Phi) is 8.56. The van der Waals surface area contributed by atoms with E-state index in [0.29, 0.717) is 6.61 Å². The fourth-order valence-electron chi connectivity index (χ4n) is 2.57. The van der Waals surface area contributed by atoms with Gasteiger partial charge in [-0.05, 0) is 43.7 Å². The van der Waals surface area contributed by atoms with Gasteiger partial charge in [-0.25, -0.2) is 0 Å². The van der Waals surface area contributed by atoms with Crippen LogP contribution in [0.2, 0.25) is 0 Å². The van der Waals surface area contributed by atoms with Crippen molar-refractivity contribution in [2.24, 2.45) is 0 Å². The molecule has 2 rings (SSSR count). The van der Waals surface area contributed by atoms with Crippen molar-refractivity contribution in [2.75, 3.05) is 13.2 Å². The minimum Gasteiger partial charge on any atom is -0.498 e. The van der Waals surface area contributed by atoms with Crippen molar-refractivity contribution in [3.05, 3.63) is 83.8 Å². The van der Waals surface area contributed by atoms with E-state index < -0.39 is 0 Å². The molecule has 0 heterocycles. The van der Waals surface area contributed by atoms with Crippen molar-refractivity contribution in [2.45, 2.75) is 39.0 Å². The molecule has 0 N–H and O–H groups in total. The number of benzene rings is 2. The van der Waals surface area contributed by atoms with E-state index >= 15 is 0 Å². The van der Waals surface area contributed by atoms with Gasteiger partial charge in [0, 0.05) is 6.42 Å². The first kappa shape index (κ1) is 18.1. The summed E-state index contributed by atoms with van der Waals surface area (Å²) in [5.41, 5.74) is 2.72. The largest absolute Gasteiger partial charge is 0.498 e. The molecule has 0 spiro atoms. The second kappa shape index (κ2) is 11.3. The molecule has 0 unspecified atom stereocenters. The van der Waals surface area contributed by atoms with Crippen molar-refractivity contribution in [3.8, 4) is 0 Å². The summed E-state index contributed by atoms with van der Waals surface area (Å²) in [7, 11) is 0. The van der Waals surface area contributed by atoms with E-state index in [1.807, 2.05) is 13.0 Å². The lowest BCUT2D eigenvalue weighted by molar-refractivity contribution is 0.175. The minimum atomic E-state index is 0.679. The predicted octanol–water partition coefficient (Wildman–Crippen LogP) is 5.54. The highest BCUT2D eigenvalue weighted by atomic mass is 16.5. The van der Waals surface area contributed by atoms with Crippen LogP contribution in [-0.2, 0) is 22.3 Å². The maximum atomic E-state index is 5.69. The summed E-state index contributed by atoms with van der Waals surface area (Å²) >= 11 is 0. The molecule has 2 aromatic carbocycles. The van der Waals surface area contributed by atoms with E-state index in [-0.39, 0.29) is 0 Å². The molecule has 0 saturated carbocycles. The lowest BCUT2D eigenvalue weighted by atomic mass is 10.1. The van der Waals surface area contributed by atoms with E-state index in [2.05, 4.69) is 54.6 Å². The topological polar surface area (TPSA) is 18.5 Å². The summed E-state index contributed by atoms with van der Waals surface area (Å²) in [6, 6.07) is 21.1. The molecule has 128 valence electrons. The number of ether oxygens (including phenoxy) is 2. The van der Waals surface area contributed by atoms with Gasteiger partial charge in [0.2, 0.25) is 0 Å². The number of allylic oxidation sites excluding steroid dienone is 1. The third-order valence-electron chi connectivity index (χ3n) is 3.87. The van der Waals surface area contributed by atoms with Gasteiger partial charge < -0.3 is 9.47 Å². The summed E-state index contributed by atoms with van der Waals surface area (Å²) in [4.78, 5) is 0. The van der Waals surface area contributed by atoms with Crippen LogP contribution >= 0.6 is 0 Å². The van der Waals surface area contributed by atoms with Gasteiger partial charge in [0.15, 0.2) is 0 Å². The molecule has 2 aromatic rings. The number of hydrogen-bond acceptors (Lipinski definition) is 2. The van der Waals surface area contributed by atoms with Gasteiger partial charge >= 0.3 is 0 Å². The Morgan fingerprint density at radius 2 is 1.46 bits per heavy atom. The summed E-state index contributed by atoms with van der Waals surface area (Å²) < 4.78 is 11.4. The zero-order chi connectivity index (χ0) is 16.9. The standard InChI is InChI=1S/C22H28O2/c1-2-24-22(17-16-21-13-7-4-8-14-21)19-23-18-10-9-15-20-11-5-3-6-12-20/h3-8,11-14,19H,2,9-10,15-18H2,1H3/b22-19-. The van der Waals surface area contributed by atoms with E-state index in [1.165, 1.54) is 11.1 Å². The molecule has 0 aromatic heterocycles. The summed E-state index contributed by atoms with van der Waals surface area (Å²) in [6.45, 7) is 3.43. The van der Waals surface area contributed by atoms with Crippen molar-refractivity contribution in [3.63, 3.8) is 0 Å². The summed E-state index contributed by atoms with van der Waals surface area (Å²) in [5, 5.41) is 0. The maximum absolute atomic E-state index is 5.69. The first-order valence-corrected chi connectivity index (χ1v) is 8.89. The van der Waals surface area contributed by atoms with Crippen molar-refractivity contribution >= 4 is 0 Å². The van der Waals surface area contributed by atoms with Gasteiger partial charge in [0.25, 0.3) is 0 Å². The van der Waals surface area contributed by atoms with Crippen LogP contribution in [0.3, 0.4) is 0 Å². The zero-order valence-electron chi connectivity index (χ0n) is 14.6. The number of aryl methyl sites for hydroxylation is 2. The molecule has 0 saturated heterocycles. The van der Waals surface area contributed by atoms with Gasteiger partial charge in [0.05, 0.1) is 13.2 Å². The third kappa shape index (κ3) is 7.36. The molecular weight excluding hydrogens is 296 g/mol. The molecule has 0 fully saturated rings. The highest BCUT2D eigenvalue weighted by Crippen LogP contribution is 2.11. The van der Waals surface area contributed by atoms with Crippen LogP contribution in [0.5, 0.6) is 0 Å². The number of rotatable bonds is 11. The molecular formula is C22H28O2. The fraction of sp³-hybridized carbons (Fsp3) is 0.364. The van der Waals surface area contributed by atoms with E-state index in [4.69, 9.17) is 9.47 Å². The smallest absolute Gasteiger partial charge is 0.131 e. The summed E-state index contributed by atoms with van der Waals surface area (Å²) in [6.07, 6.45) is 6.97. The van der Waals surface area contributed by atoms with Crippen LogP contribution < -0.4 is 0 Å². The van der Waals surface area contributed by atoms with Crippen LogP contribution in [-0.4, -0.2) is 13.2 Å². The predicted molar refractivity (Wildman–Crippen MR) is 99.8 cm³/mol. The van der Waals surface area contributed by atoms with Gasteiger partial charge in [-0.1, -0.05) is 60.7 Å². The molecule has 24 heavy (non-hydrogen) atoms. The highest BCUT2D eigenvalue weighted by Gasteiger charge is 2.00. The molecule has 2 heteroatoms. The van der Waals surface area contributed by atoms with Crippen molar-refractivity contribution < 1.29 is 9.47 Å².